The van der Waals surface area contributed by atoms with Crippen LogP contribution in [0.5, 0.6) is 17.2 Å². The molecule has 30 heavy (non-hydrogen) atoms. The zero-order valence-corrected chi connectivity index (χ0v) is 22.0. The van der Waals surface area contributed by atoms with Crippen LogP contribution in [0, 0.1) is 0 Å². The molecule has 3 aromatic carbocycles. The molecule has 0 N–H and O–H groups in total. The van der Waals surface area contributed by atoms with Crippen LogP contribution in [0.2, 0.25) is 0 Å². The predicted molar refractivity (Wildman–Crippen MR) is 99.3 cm³/mol. The minimum atomic E-state index is -5.17. The standard InChI is InChI=1S/C18H15O4P.2Na.H2O4S/c19-23(20-16-10-4-1-5-11-16,21-17-12-6-2-7-13-17)22-18-14-8-3-9-15-18;;;1-5(2,3)4/h1-15H;;;(H2,1,2,3,4)/q;2*+1;/p-2. The first kappa shape index (κ1) is 29.2. The van der Waals surface area contributed by atoms with E-state index < -0.39 is 18.2 Å². The average Bonchev–Trinajstić information content (AvgIpc) is 2.62. The summed E-state index contributed by atoms with van der Waals surface area (Å²) in [5.74, 6) is 1.22. The summed E-state index contributed by atoms with van der Waals surface area (Å²) in [6, 6.07) is 26.4. The molecular formula is C18H15Na2O8PS. The van der Waals surface area contributed by atoms with Crippen LogP contribution >= 0.6 is 7.82 Å². The number of phosphoric acid groups is 1. The zero-order chi connectivity index (χ0) is 20.5. The third kappa shape index (κ3) is 12.8. The minimum absolute atomic E-state index is 0. The van der Waals surface area contributed by atoms with E-state index in [4.69, 9.17) is 31.1 Å². The summed E-state index contributed by atoms with van der Waals surface area (Å²) in [5, 5.41) is 0. The largest absolute Gasteiger partial charge is 1.00 e. The van der Waals surface area contributed by atoms with Crippen molar-refractivity contribution < 1.29 is 94.8 Å². The Labute approximate surface area is 219 Å². The Bertz CT molecular complexity index is 890. The fraction of sp³-hybridized carbons (Fsp3) is 0. The summed E-state index contributed by atoms with van der Waals surface area (Å²) in [6.07, 6.45) is 0. The molecule has 0 aliphatic heterocycles. The molecule has 0 saturated heterocycles. The molecule has 0 spiro atoms. The molecule has 0 aromatic heterocycles. The van der Waals surface area contributed by atoms with Crippen molar-refractivity contribution in [3.05, 3.63) is 91.0 Å². The number of para-hydroxylation sites is 3. The smallest absolute Gasteiger partial charge is 0.759 e. The maximum absolute atomic E-state index is 13.1. The molecule has 8 nitrogen and oxygen atoms in total. The van der Waals surface area contributed by atoms with Crippen molar-refractivity contribution in [2.24, 2.45) is 0 Å². The molecule has 0 fully saturated rings. The van der Waals surface area contributed by atoms with Crippen molar-refractivity contribution in [2.45, 2.75) is 0 Å². The van der Waals surface area contributed by atoms with Crippen molar-refractivity contribution >= 4 is 18.2 Å². The molecule has 0 saturated carbocycles. The topological polar surface area (TPSA) is 125 Å². The first-order valence-corrected chi connectivity index (χ1v) is 10.5. The summed E-state index contributed by atoms with van der Waals surface area (Å²) in [7, 11) is -9.05. The van der Waals surface area contributed by atoms with Crippen LogP contribution in [0.1, 0.15) is 0 Å². The first-order valence-electron chi connectivity index (χ1n) is 7.74. The van der Waals surface area contributed by atoms with E-state index in [9.17, 15) is 4.57 Å². The third-order valence-electron chi connectivity index (χ3n) is 2.88. The monoisotopic (exact) mass is 468 g/mol. The second-order valence-corrected chi connectivity index (χ2v) is 7.33. The van der Waals surface area contributed by atoms with E-state index >= 15 is 0 Å². The van der Waals surface area contributed by atoms with Gasteiger partial charge in [0, 0.05) is 10.4 Å². The quantitative estimate of drug-likeness (QED) is 0.176. The summed E-state index contributed by atoms with van der Waals surface area (Å²) in [6.45, 7) is 0. The van der Waals surface area contributed by atoms with Crippen molar-refractivity contribution in [2.75, 3.05) is 0 Å². The van der Waals surface area contributed by atoms with Crippen LogP contribution in [0.3, 0.4) is 0 Å². The van der Waals surface area contributed by atoms with E-state index in [-0.39, 0.29) is 59.1 Å². The van der Waals surface area contributed by atoms with Gasteiger partial charge in [-0.05, 0) is 36.4 Å². The molecule has 3 rings (SSSR count). The van der Waals surface area contributed by atoms with Gasteiger partial charge in [-0.2, -0.15) is 4.57 Å². The molecule has 0 heterocycles. The van der Waals surface area contributed by atoms with E-state index in [0.717, 1.165) is 0 Å². The zero-order valence-electron chi connectivity index (χ0n) is 16.3. The van der Waals surface area contributed by atoms with E-state index in [1.54, 1.807) is 72.8 Å². The van der Waals surface area contributed by atoms with E-state index in [2.05, 4.69) is 0 Å². The van der Waals surface area contributed by atoms with Crippen molar-refractivity contribution in [1.82, 2.24) is 0 Å². The van der Waals surface area contributed by atoms with Crippen LogP contribution in [-0.2, 0) is 15.0 Å². The van der Waals surface area contributed by atoms with Crippen molar-refractivity contribution in [3.63, 3.8) is 0 Å². The molecular weight excluding hydrogens is 453 g/mol. The van der Waals surface area contributed by atoms with E-state index in [0.29, 0.717) is 17.2 Å². The average molecular weight is 468 g/mol. The summed E-state index contributed by atoms with van der Waals surface area (Å²) in [4.78, 5) is 0. The van der Waals surface area contributed by atoms with Gasteiger partial charge in [-0.15, -0.1) is 0 Å². The molecule has 0 aliphatic rings. The molecule has 0 atom stereocenters. The van der Waals surface area contributed by atoms with Gasteiger partial charge in [0.05, 0.1) is 0 Å². The third-order valence-corrected chi connectivity index (χ3v) is 4.18. The van der Waals surface area contributed by atoms with Gasteiger partial charge in [-0.3, -0.25) is 8.42 Å². The van der Waals surface area contributed by atoms with Crippen LogP contribution in [0.4, 0.5) is 0 Å². The summed E-state index contributed by atoms with van der Waals surface area (Å²) < 4.78 is 63.7. The molecule has 0 radical (unpaired) electrons. The predicted octanol–water partition coefficient (Wildman–Crippen LogP) is -2.00. The molecule has 12 heteroatoms. The maximum atomic E-state index is 13.1. The molecule has 0 aliphatic carbocycles. The van der Waals surface area contributed by atoms with Gasteiger partial charge in [0.25, 0.3) is 0 Å². The summed E-state index contributed by atoms with van der Waals surface area (Å²) in [5.41, 5.74) is 0. The fourth-order valence-corrected chi connectivity index (χ4v) is 3.14. The van der Waals surface area contributed by atoms with E-state index in [1.165, 1.54) is 0 Å². The van der Waals surface area contributed by atoms with Gasteiger partial charge in [-0.25, -0.2) is 0 Å². The number of hydrogen-bond donors (Lipinski definition) is 0. The Morgan fingerprint density at radius 2 is 0.767 bits per heavy atom. The van der Waals surface area contributed by atoms with Crippen LogP contribution in [0.25, 0.3) is 0 Å². The molecule has 0 bridgehead atoms. The second-order valence-electron chi connectivity index (χ2n) is 5.07. The van der Waals surface area contributed by atoms with Gasteiger partial charge in [0.1, 0.15) is 17.2 Å². The Morgan fingerprint density at radius 1 is 0.567 bits per heavy atom. The van der Waals surface area contributed by atoms with Crippen molar-refractivity contribution in [1.29, 1.82) is 0 Å². The van der Waals surface area contributed by atoms with Gasteiger partial charge in [-0.1, -0.05) is 54.6 Å². The Kier molecular flexibility index (Phi) is 13.9. The minimum Gasteiger partial charge on any atom is -0.759 e. The number of hydrogen-bond acceptors (Lipinski definition) is 8. The molecule has 3 aromatic rings. The maximum Gasteiger partial charge on any atom is 1.00 e. The normalized spacial score (nSPS) is 10.2. The first-order chi connectivity index (χ1) is 13.2. The van der Waals surface area contributed by atoms with Gasteiger partial charge in [0.15, 0.2) is 0 Å². The van der Waals surface area contributed by atoms with Crippen LogP contribution < -0.4 is 72.7 Å². The Hall–Kier alpha value is -0.840. The van der Waals surface area contributed by atoms with Gasteiger partial charge < -0.3 is 22.7 Å². The van der Waals surface area contributed by atoms with Gasteiger partial charge in [0.2, 0.25) is 0 Å². The van der Waals surface area contributed by atoms with Crippen molar-refractivity contribution in [3.8, 4) is 17.2 Å². The number of benzene rings is 3. The number of phosphoric ester groups is 1. The Morgan fingerprint density at radius 3 is 0.967 bits per heavy atom. The molecule has 0 amide bonds. The fourth-order valence-electron chi connectivity index (χ4n) is 1.89. The van der Waals surface area contributed by atoms with Gasteiger partial charge >= 0.3 is 66.9 Å². The molecule has 148 valence electrons. The second kappa shape index (κ2) is 14.3. The Balaban J connectivity index is 0.00000108. The van der Waals surface area contributed by atoms with E-state index in [1.807, 2.05) is 18.2 Å². The van der Waals surface area contributed by atoms with Crippen LogP contribution in [-0.4, -0.2) is 17.5 Å². The molecule has 0 unspecified atom stereocenters. The number of rotatable bonds is 6. The SMILES string of the molecule is O=P(Oc1ccccc1)(Oc1ccccc1)Oc1ccccc1.O=S(=O)([O-])[O-].[Na+].[Na+]. The summed E-state index contributed by atoms with van der Waals surface area (Å²) >= 11 is 0. The van der Waals surface area contributed by atoms with Crippen LogP contribution in [0.15, 0.2) is 91.0 Å².